The molecule has 3 rings (SSSR count). The molecular formula is C19H20ClF3N4O2. The molecule has 1 saturated heterocycles. The van der Waals surface area contributed by atoms with E-state index in [9.17, 15) is 22.8 Å². The lowest BCUT2D eigenvalue weighted by Crippen LogP contribution is -2.38. The van der Waals surface area contributed by atoms with Gasteiger partial charge in [-0.15, -0.1) is 0 Å². The van der Waals surface area contributed by atoms with Gasteiger partial charge in [0.25, 0.3) is 5.91 Å². The standard InChI is InChI=1S/C19H20ClF3N4O2/c20-13-5-4-6-14(11-13)27-17(19(21,22)23)15(12-25-27)18(29)24-8-10-26-9-3-1-2-7-16(26)28/h4-6,11-12H,1-3,7-10H2,(H,24,29). The van der Waals surface area contributed by atoms with Gasteiger partial charge in [0, 0.05) is 31.1 Å². The Labute approximate surface area is 170 Å². The molecule has 0 atom stereocenters. The van der Waals surface area contributed by atoms with Crippen LogP contribution in [0.4, 0.5) is 13.2 Å². The number of benzene rings is 1. The van der Waals surface area contributed by atoms with Crippen LogP contribution in [0.5, 0.6) is 0 Å². The van der Waals surface area contributed by atoms with Crippen molar-refractivity contribution in [1.29, 1.82) is 0 Å². The van der Waals surface area contributed by atoms with E-state index < -0.39 is 23.3 Å². The van der Waals surface area contributed by atoms with Gasteiger partial charge in [0.2, 0.25) is 5.91 Å². The van der Waals surface area contributed by atoms with Gasteiger partial charge >= 0.3 is 6.18 Å². The number of hydrogen-bond acceptors (Lipinski definition) is 3. The van der Waals surface area contributed by atoms with Crippen LogP contribution in [-0.2, 0) is 11.0 Å². The molecule has 0 unspecified atom stereocenters. The first-order valence-electron chi connectivity index (χ1n) is 9.24. The van der Waals surface area contributed by atoms with Crippen LogP contribution in [0.2, 0.25) is 5.02 Å². The zero-order chi connectivity index (χ0) is 21.0. The van der Waals surface area contributed by atoms with Crippen LogP contribution in [0.1, 0.15) is 41.7 Å². The van der Waals surface area contributed by atoms with E-state index in [1.54, 1.807) is 4.90 Å². The van der Waals surface area contributed by atoms with Crippen molar-refractivity contribution in [2.75, 3.05) is 19.6 Å². The van der Waals surface area contributed by atoms with Crippen molar-refractivity contribution in [2.24, 2.45) is 0 Å². The summed E-state index contributed by atoms with van der Waals surface area (Å²) in [5, 5.41) is 6.46. The molecule has 2 aromatic rings. The molecule has 2 heterocycles. The van der Waals surface area contributed by atoms with Gasteiger partial charge in [-0.25, -0.2) is 4.68 Å². The van der Waals surface area contributed by atoms with E-state index in [-0.39, 0.29) is 29.7 Å². The minimum absolute atomic E-state index is 0.00139. The highest BCUT2D eigenvalue weighted by Gasteiger charge is 2.40. The van der Waals surface area contributed by atoms with Gasteiger partial charge in [-0.2, -0.15) is 18.3 Å². The average Bonchev–Trinajstić information content (AvgIpc) is 3.02. The Morgan fingerprint density at radius 2 is 2.03 bits per heavy atom. The minimum atomic E-state index is -4.80. The number of alkyl halides is 3. The van der Waals surface area contributed by atoms with E-state index in [2.05, 4.69) is 10.4 Å². The lowest BCUT2D eigenvalue weighted by molar-refractivity contribution is -0.143. The fourth-order valence-electron chi connectivity index (χ4n) is 3.27. The summed E-state index contributed by atoms with van der Waals surface area (Å²) in [5.41, 5.74) is -1.66. The summed E-state index contributed by atoms with van der Waals surface area (Å²) in [6.45, 7) is 0.910. The van der Waals surface area contributed by atoms with Crippen LogP contribution < -0.4 is 5.32 Å². The Balaban J connectivity index is 1.76. The summed E-state index contributed by atoms with van der Waals surface area (Å²) < 4.78 is 41.7. The second-order valence-corrected chi connectivity index (χ2v) is 7.18. The Morgan fingerprint density at radius 3 is 2.76 bits per heavy atom. The van der Waals surface area contributed by atoms with E-state index in [1.807, 2.05) is 0 Å². The van der Waals surface area contributed by atoms with Gasteiger partial charge in [-0.05, 0) is 31.0 Å². The molecule has 0 spiro atoms. The van der Waals surface area contributed by atoms with Crippen molar-refractivity contribution in [3.05, 3.63) is 46.7 Å². The monoisotopic (exact) mass is 428 g/mol. The van der Waals surface area contributed by atoms with Gasteiger partial charge in [0.1, 0.15) is 0 Å². The Kier molecular flexibility index (Phi) is 6.46. The maximum absolute atomic E-state index is 13.7. The number of hydrogen-bond donors (Lipinski definition) is 1. The summed E-state index contributed by atoms with van der Waals surface area (Å²) in [5.74, 6) is -0.894. The fraction of sp³-hybridized carbons (Fsp3) is 0.421. The molecule has 1 aromatic carbocycles. The highest BCUT2D eigenvalue weighted by atomic mass is 35.5. The quantitative estimate of drug-likeness (QED) is 0.790. The summed E-state index contributed by atoms with van der Waals surface area (Å²) in [7, 11) is 0. The van der Waals surface area contributed by atoms with E-state index in [0.29, 0.717) is 17.6 Å². The van der Waals surface area contributed by atoms with E-state index in [1.165, 1.54) is 24.3 Å². The molecule has 10 heteroatoms. The molecule has 0 radical (unpaired) electrons. The maximum atomic E-state index is 13.7. The number of aromatic nitrogens is 2. The molecule has 29 heavy (non-hydrogen) atoms. The van der Waals surface area contributed by atoms with Crippen LogP contribution in [-0.4, -0.2) is 46.1 Å². The predicted molar refractivity (Wildman–Crippen MR) is 101 cm³/mol. The zero-order valence-corrected chi connectivity index (χ0v) is 16.3. The summed E-state index contributed by atoms with van der Waals surface area (Å²) >= 11 is 5.86. The largest absolute Gasteiger partial charge is 0.434 e. The van der Waals surface area contributed by atoms with Gasteiger partial charge in [0.05, 0.1) is 17.4 Å². The van der Waals surface area contributed by atoms with Crippen molar-refractivity contribution in [1.82, 2.24) is 20.0 Å². The third-order valence-corrected chi connectivity index (χ3v) is 4.91. The lowest BCUT2D eigenvalue weighted by atomic mass is 10.2. The highest BCUT2D eigenvalue weighted by molar-refractivity contribution is 6.30. The SMILES string of the molecule is O=C(NCCN1CCCCCC1=O)c1cnn(-c2cccc(Cl)c2)c1C(F)(F)F. The van der Waals surface area contributed by atoms with Crippen molar-refractivity contribution in [3.63, 3.8) is 0 Å². The Bertz CT molecular complexity index is 898. The molecule has 6 nitrogen and oxygen atoms in total. The van der Waals surface area contributed by atoms with Gasteiger partial charge in [-0.3, -0.25) is 9.59 Å². The number of amides is 2. The number of carbonyl (C=O) groups excluding carboxylic acids is 2. The molecule has 0 saturated carbocycles. The van der Waals surface area contributed by atoms with Crippen LogP contribution in [0.3, 0.4) is 0 Å². The van der Waals surface area contributed by atoms with Crippen LogP contribution in [0, 0.1) is 0 Å². The zero-order valence-electron chi connectivity index (χ0n) is 15.5. The van der Waals surface area contributed by atoms with Crippen LogP contribution >= 0.6 is 11.6 Å². The second kappa shape index (κ2) is 8.86. The average molecular weight is 429 g/mol. The number of likely N-dealkylation sites (tertiary alicyclic amines) is 1. The summed E-state index contributed by atoms with van der Waals surface area (Å²) in [4.78, 5) is 26.0. The third kappa shape index (κ3) is 5.09. The van der Waals surface area contributed by atoms with Crippen molar-refractivity contribution in [3.8, 4) is 5.69 Å². The minimum Gasteiger partial charge on any atom is -0.350 e. The second-order valence-electron chi connectivity index (χ2n) is 6.74. The molecule has 2 amide bonds. The summed E-state index contributed by atoms with van der Waals surface area (Å²) in [6.07, 6.45) is -0.781. The normalized spacial score (nSPS) is 15.3. The first-order chi connectivity index (χ1) is 13.8. The molecule has 1 N–H and O–H groups in total. The van der Waals surface area contributed by atoms with Gasteiger partial charge in [0.15, 0.2) is 5.69 Å². The molecule has 1 aliphatic rings. The number of carbonyl (C=O) groups is 2. The Hall–Kier alpha value is -2.55. The predicted octanol–water partition coefficient (Wildman–Crippen LogP) is 3.68. The molecule has 0 bridgehead atoms. The van der Waals surface area contributed by atoms with Crippen molar-refractivity contribution in [2.45, 2.75) is 31.9 Å². The maximum Gasteiger partial charge on any atom is 0.434 e. The molecule has 1 aliphatic heterocycles. The van der Waals surface area contributed by atoms with E-state index >= 15 is 0 Å². The third-order valence-electron chi connectivity index (χ3n) is 4.67. The summed E-state index contributed by atoms with van der Waals surface area (Å²) in [6, 6.07) is 5.77. The Morgan fingerprint density at radius 1 is 1.24 bits per heavy atom. The highest BCUT2D eigenvalue weighted by Crippen LogP contribution is 2.34. The smallest absolute Gasteiger partial charge is 0.350 e. The van der Waals surface area contributed by atoms with Gasteiger partial charge < -0.3 is 10.2 Å². The van der Waals surface area contributed by atoms with Gasteiger partial charge in [-0.1, -0.05) is 24.1 Å². The van der Waals surface area contributed by atoms with E-state index in [0.717, 1.165) is 25.5 Å². The van der Waals surface area contributed by atoms with E-state index in [4.69, 9.17) is 11.6 Å². The molecular weight excluding hydrogens is 409 g/mol. The molecule has 1 aromatic heterocycles. The molecule has 1 fully saturated rings. The van der Waals surface area contributed by atoms with Crippen LogP contribution in [0.25, 0.3) is 5.69 Å². The molecule has 0 aliphatic carbocycles. The van der Waals surface area contributed by atoms with Crippen molar-refractivity contribution >= 4 is 23.4 Å². The lowest BCUT2D eigenvalue weighted by Gasteiger charge is -2.20. The number of rotatable bonds is 5. The number of nitrogens with zero attached hydrogens (tertiary/aromatic N) is 3. The number of nitrogens with one attached hydrogen (secondary N) is 1. The first kappa shape index (κ1) is 21.2. The fourth-order valence-corrected chi connectivity index (χ4v) is 3.45. The first-order valence-corrected chi connectivity index (χ1v) is 9.62. The number of halogens is 4. The van der Waals surface area contributed by atoms with Crippen LogP contribution in [0.15, 0.2) is 30.5 Å². The van der Waals surface area contributed by atoms with Crippen molar-refractivity contribution < 1.29 is 22.8 Å². The topological polar surface area (TPSA) is 67.2 Å². The molecule has 156 valence electrons.